The highest BCUT2D eigenvalue weighted by Gasteiger charge is 2.21. The summed E-state index contributed by atoms with van der Waals surface area (Å²) in [6.45, 7) is 10.2. The molecule has 0 radical (unpaired) electrons. The molecule has 0 amide bonds. The van der Waals surface area contributed by atoms with Crippen molar-refractivity contribution in [3.8, 4) is 0 Å². The Balaban J connectivity index is 3.97. The summed E-state index contributed by atoms with van der Waals surface area (Å²) in [4.78, 5) is 2.29. The Morgan fingerprint density at radius 1 is 1.07 bits per heavy atom. The summed E-state index contributed by atoms with van der Waals surface area (Å²) in [5.74, 6) is 0. The van der Waals surface area contributed by atoms with E-state index in [0.717, 1.165) is 6.54 Å². The van der Waals surface area contributed by atoms with E-state index in [4.69, 9.17) is 0 Å². The van der Waals surface area contributed by atoms with E-state index in [1.165, 1.54) is 25.7 Å². The molecule has 0 saturated carbocycles. The van der Waals surface area contributed by atoms with Gasteiger partial charge in [-0.15, -0.1) is 0 Å². The van der Waals surface area contributed by atoms with Gasteiger partial charge in [-0.3, -0.25) is 0 Å². The summed E-state index contributed by atoms with van der Waals surface area (Å²) in [6.07, 6.45) is 5.16. The van der Waals surface area contributed by atoms with Crippen LogP contribution in [0.1, 0.15) is 53.4 Å². The summed E-state index contributed by atoms with van der Waals surface area (Å²) in [5.41, 5.74) is 0.250. The molecule has 0 fully saturated rings. The first-order chi connectivity index (χ1) is 6.94. The molecule has 0 aromatic rings. The predicted molar refractivity (Wildman–Crippen MR) is 69.4 cm³/mol. The largest absolute Gasteiger partial charge is 0.312 e. The highest BCUT2D eigenvalue weighted by Crippen LogP contribution is 2.11. The van der Waals surface area contributed by atoms with Crippen molar-refractivity contribution < 1.29 is 0 Å². The number of hydrogen-bond acceptors (Lipinski definition) is 2. The van der Waals surface area contributed by atoms with Crippen LogP contribution < -0.4 is 5.32 Å². The summed E-state index contributed by atoms with van der Waals surface area (Å²) in [5, 5.41) is 3.70. The molecule has 0 spiro atoms. The van der Waals surface area contributed by atoms with E-state index >= 15 is 0 Å². The molecule has 0 aliphatic carbocycles. The first kappa shape index (κ1) is 14.9. The van der Waals surface area contributed by atoms with Gasteiger partial charge in [0, 0.05) is 18.1 Å². The Morgan fingerprint density at radius 2 is 1.53 bits per heavy atom. The average molecular weight is 214 g/mol. The lowest BCUT2D eigenvalue weighted by Gasteiger charge is -2.34. The molecule has 0 aromatic carbocycles. The molecule has 0 rings (SSSR count). The third-order valence-corrected chi connectivity index (χ3v) is 3.31. The van der Waals surface area contributed by atoms with Crippen LogP contribution >= 0.6 is 0 Å². The second-order valence-corrected chi connectivity index (χ2v) is 5.36. The minimum Gasteiger partial charge on any atom is -0.312 e. The van der Waals surface area contributed by atoms with Gasteiger partial charge in [0.05, 0.1) is 0 Å². The topological polar surface area (TPSA) is 15.3 Å². The number of rotatable bonds is 8. The monoisotopic (exact) mass is 214 g/mol. The molecule has 2 nitrogen and oxygen atoms in total. The maximum Gasteiger partial charge on any atom is 0.0271 e. The van der Waals surface area contributed by atoms with Gasteiger partial charge in [-0.05, 0) is 40.8 Å². The van der Waals surface area contributed by atoms with Crippen molar-refractivity contribution in [2.24, 2.45) is 0 Å². The summed E-state index contributed by atoms with van der Waals surface area (Å²) in [7, 11) is 4.30. The summed E-state index contributed by atoms with van der Waals surface area (Å²) >= 11 is 0. The van der Waals surface area contributed by atoms with Crippen molar-refractivity contribution in [2.45, 2.75) is 65.0 Å². The van der Waals surface area contributed by atoms with Gasteiger partial charge in [0.1, 0.15) is 0 Å². The van der Waals surface area contributed by atoms with E-state index in [0.29, 0.717) is 6.04 Å². The van der Waals surface area contributed by atoms with E-state index < -0.39 is 0 Å². The summed E-state index contributed by atoms with van der Waals surface area (Å²) in [6, 6.07) is 0.708. The van der Waals surface area contributed by atoms with Gasteiger partial charge < -0.3 is 10.2 Å². The van der Waals surface area contributed by atoms with E-state index in [1.807, 2.05) is 0 Å². The van der Waals surface area contributed by atoms with E-state index in [2.05, 4.69) is 52.0 Å². The Labute approximate surface area is 96.4 Å². The van der Waals surface area contributed by atoms with Crippen molar-refractivity contribution in [1.82, 2.24) is 10.2 Å². The standard InChI is InChI=1S/C13H30N2/c1-7-9-12(10-8-2)14-11-13(3,4)15(5)6/h12,14H,7-11H2,1-6H3. The minimum atomic E-state index is 0.250. The lowest BCUT2D eigenvalue weighted by Crippen LogP contribution is -2.49. The molecule has 0 saturated heterocycles. The SMILES string of the molecule is CCCC(CCC)NCC(C)(C)N(C)C. The number of hydrogen-bond donors (Lipinski definition) is 1. The van der Waals surface area contributed by atoms with Gasteiger partial charge >= 0.3 is 0 Å². The maximum atomic E-state index is 3.70. The zero-order valence-corrected chi connectivity index (χ0v) is 11.6. The molecule has 2 heteroatoms. The third kappa shape index (κ3) is 6.16. The Bertz CT molecular complexity index is 147. The van der Waals surface area contributed by atoms with Crippen LogP contribution in [0, 0.1) is 0 Å². The van der Waals surface area contributed by atoms with Crippen molar-refractivity contribution >= 4 is 0 Å². The molecule has 15 heavy (non-hydrogen) atoms. The molecule has 1 N–H and O–H groups in total. The second-order valence-electron chi connectivity index (χ2n) is 5.36. The van der Waals surface area contributed by atoms with Crippen molar-refractivity contribution in [1.29, 1.82) is 0 Å². The molecule has 0 heterocycles. The molecular weight excluding hydrogens is 184 g/mol. The Morgan fingerprint density at radius 3 is 1.87 bits per heavy atom. The molecule has 0 aromatic heterocycles. The molecule has 92 valence electrons. The van der Waals surface area contributed by atoms with Crippen molar-refractivity contribution in [3.05, 3.63) is 0 Å². The normalized spacial score (nSPS) is 12.8. The zero-order valence-electron chi connectivity index (χ0n) is 11.6. The van der Waals surface area contributed by atoms with E-state index in [1.54, 1.807) is 0 Å². The lowest BCUT2D eigenvalue weighted by atomic mass is 10.0. The van der Waals surface area contributed by atoms with Gasteiger partial charge in [0.2, 0.25) is 0 Å². The first-order valence-electron chi connectivity index (χ1n) is 6.34. The van der Waals surface area contributed by atoms with Crippen LogP contribution in [0.4, 0.5) is 0 Å². The third-order valence-electron chi connectivity index (χ3n) is 3.31. The number of nitrogens with zero attached hydrogens (tertiary/aromatic N) is 1. The number of nitrogens with one attached hydrogen (secondary N) is 1. The Kier molecular flexibility index (Phi) is 7.20. The fourth-order valence-electron chi connectivity index (χ4n) is 1.60. The van der Waals surface area contributed by atoms with E-state index in [-0.39, 0.29) is 5.54 Å². The molecular formula is C13H30N2. The maximum absolute atomic E-state index is 3.70. The molecule has 0 aliphatic heterocycles. The van der Waals surface area contributed by atoms with Gasteiger partial charge in [0.25, 0.3) is 0 Å². The molecule has 0 unspecified atom stereocenters. The molecule has 0 atom stereocenters. The van der Waals surface area contributed by atoms with E-state index in [9.17, 15) is 0 Å². The van der Waals surface area contributed by atoms with Gasteiger partial charge in [-0.25, -0.2) is 0 Å². The highest BCUT2D eigenvalue weighted by atomic mass is 15.2. The molecule has 0 aliphatic rings. The van der Waals surface area contributed by atoms with Crippen LogP contribution in [0.3, 0.4) is 0 Å². The number of likely N-dealkylation sites (N-methyl/N-ethyl adjacent to an activating group) is 1. The smallest absolute Gasteiger partial charge is 0.0271 e. The average Bonchev–Trinajstić information content (AvgIpc) is 2.15. The fraction of sp³-hybridized carbons (Fsp3) is 1.00. The highest BCUT2D eigenvalue weighted by molar-refractivity contribution is 4.81. The Hall–Kier alpha value is -0.0800. The van der Waals surface area contributed by atoms with Crippen LogP contribution in [0.25, 0.3) is 0 Å². The first-order valence-corrected chi connectivity index (χ1v) is 6.34. The van der Waals surface area contributed by atoms with Crippen LogP contribution in [0.5, 0.6) is 0 Å². The van der Waals surface area contributed by atoms with Gasteiger partial charge in [-0.1, -0.05) is 26.7 Å². The van der Waals surface area contributed by atoms with Gasteiger partial charge in [0.15, 0.2) is 0 Å². The molecule has 0 bridgehead atoms. The lowest BCUT2D eigenvalue weighted by molar-refractivity contribution is 0.181. The predicted octanol–water partition coefficient (Wildman–Crippen LogP) is 2.89. The van der Waals surface area contributed by atoms with Crippen molar-refractivity contribution in [3.63, 3.8) is 0 Å². The quantitative estimate of drug-likeness (QED) is 0.668. The zero-order chi connectivity index (χ0) is 11.9. The van der Waals surface area contributed by atoms with Crippen LogP contribution in [0.2, 0.25) is 0 Å². The van der Waals surface area contributed by atoms with Crippen molar-refractivity contribution in [2.75, 3.05) is 20.6 Å². The fourth-order valence-corrected chi connectivity index (χ4v) is 1.60. The van der Waals surface area contributed by atoms with Crippen LogP contribution in [0.15, 0.2) is 0 Å². The second kappa shape index (κ2) is 7.24. The van der Waals surface area contributed by atoms with Crippen LogP contribution in [-0.4, -0.2) is 37.1 Å². The van der Waals surface area contributed by atoms with Gasteiger partial charge in [-0.2, -0.15) is 0 Å². The minimum absolute atomic E-state index is 0.250. The summed E-state index contributed by atoms with van der Waals surface area (Å²) < 4.78 is 0. The van der Waals surface area contributed by atoms with Crippen LogP contribution in [-0.2, 0) is 0 Å².